The summed E-state index contributed by atoms with van der Waals surface area (Å²) in [6.07, 6.45) is 18.2. The van der Waals surface area contributed by atoms with E-state index in [9.17, 15) is 0 Å². The van der Waals surface area contributed by atoms with Crippen molar-refractivity contribution in [2.75, 3.05) is 0 Å². The fourth-order valence-electron chi connectivity index (χ4n) is 4.64. The van der Waals surface area contributed by atoms with Crippen LogP contribution in [0.1, 0.15) is 226 Å². The first kappa shape index (κ1) is 101. The fourth-order valence-corrected chi connectivity index (χ4v) is 4.64. The van der Waals surface area contributed by atoms with Gasteiger partial charge in [0.15, 0.2) is 0 Å². The van der Waals surface area contributed by atoms with E-state index in [4.69, 9.17) is 0 Å². The Hall–Kier alpha value is -7.86. The zero-order valence-electron chi connectivity index (χ0n) is 64.2. The third kappa shape index (κ3) is 74.4. The van der Waals surface area contributed by atoms with E-state index in [0.29, 0.717) is 0 Å². The van der Waals surface area contributed by atoms with Gasteiger partial charge in [-0.1, -0.05) is 184 Å². The van der Waals surface area contributed by atoms with Gasteiger partial charge in [-0.3, -0.25) is 29.9 Å². The standard InChI is InChI=1S/C8H10.4C7H9N.4C6H8N2.9C2H6/c1-7-3-5-8(2)6-4-7;4*1-6-3-4-7(2)8-5-6;1-5-3-8-6(2)4-7-5;2*1-5-3-7-6(2)8-4-5;1-5-3-4-6(2)8-7-5;9*1-2/h3-6H,1-2H3;4*3-5H,1-2H3;4*3-4H,1-2H3;9*1-2H3. The Bertz CT molecular complexity index is 1920. The number of aromatic nitrogens is 12. The van der Waals surface area contributed by atoms with Crippen LogP contribution in [0.25, 0.3) is 0 Å². The normalized spacial score (nSPS) is 8.00. The van der Waals surface area contributed by atoms with Gasteiger partial charge in [-0.15, -0.1) is 0 Å². The number of aryl methyl sites for hydroxylation is 18. The van der Waals surface area contributed by atoms with Crippen LogP contribution in [0.4, 0.5) is 0 Å². The van der Waals surface area contributed by atoms with Crippen LogP contribution in [0.2, 0.25) is 0 Å². The first-order valence-electron chi connectivity index (χ1n) is 32.7. The molecule has 0 aliphatic rings. The molecule has 0 atom stereocenters. The highest BCUT2D eigenvalue weighted by Gasteiger charge is 1.88. The van der Waals surface area contributed by atoms with E-state index in [2.05, 4.69) is 122 Å². The molecule has 0 bridgehead atoms. The molecule has 12 nitrogen and oxygen atoms in total. The molecule has 90 heavy (non-hydrogen) atoms. The van der Waals surface area contributed by atoms with Crippen LogP contribution in [0.3, 0.4) is 0 Å². The molecule has 0 saturated heterocycles. The molecular formula is C78H132N12. The van der Waals surface area contributed by atoms with Crippen molar-refractivity contribution in [3.8, 4) is 0 Å². The van der Waals surface area contributed by atoms with Gasteiger partial charge in [-0.05, 0) is 194 Å². The lowest BCUT2D eigenvalue weighted by Crippen LogP contribution is -1.86. The number of benzene rings is 1. The van der Waals surface area contributed by atoms with Gasteiger partial charge in [0.25, 0.3) is 0 Å². The summed E-state index contributed by atoms with van der Waals surface area (Å²) in [5.41, 5.74) is 17.9. The van der Waals surface area contributed by atoms with E-state index in [0.717, 1.165) is 68.3 Å². The van der Waals surface area contributed by atoms with Crippen molar-refractivity contribution in [2.45, 2.75) is 249 Å². The van der Waals surface area contributed by atoms with Crippen LogP contribution in [-0.4, -0.2) is 60.0 Å². The maximum atomic E-state index is 4.08. The summed E-state index contributed by atoms with van der Waals surface area (Å²) in [5, 5.41) is 7.66. The van der Waals surface area contributed by atoms with Crippen molar-refractivity contribution in [2.24, 2.45) is 0 Å². The lowest BCUT2D eigenvalue weighted by Gasteiger charge is -1.90. The van der Waals surface area contributed by atoms with Crippen LogP contribution in [-0.2, 0) is 0 Å². The summed E-state index contributed by atoms with van der Waals surface area (Å²) in [4.78, 5) is 40.2. The minimum Gasteiger partial charge on any atom is -0.261 e. The topological polar surface area (TPSA) is 155 Å². The van der Waals surface area contributed by atoms with Crippen molar-refractivity contribution >= 4 is 0 Å². The monoisotopic (exact) mass is 1240 g/mol. The van der Waals surface area contributed by atoms with E-state index in [1.807, 2.05) is 321 Å². The van der Waals surface area contributed by atoms with Gasteiger partial charge in [0, 0.05) is 84.7 Å². The zero-order chi connectivity index (χ0) is 71.8. The lowest BCUT2D eigenvalue weighted by molar-refractivity contribution is 0.941. The highest BCUT2D eigenvalue weighted by molar-refractivity contribution is 5.19. The Balaban J connectivity index is -0.000000113. The Morgan fingerprint density at radius 1 is 0.144 bits per heavy atom. The van der Waals surface area contributed by atoms with Gasteiger partial charge in [-0.2, -0.15) is 10.2 Å². The van der Waals surface area contributed by atoms with Gasteiger partial charge >= 0.3 is 0 Å². The zero-order valence-corrected chi connectivity index (χ0v) is 64.2. The molecule has 0 unspecified atom stereocenters. The largest absolute Gasteiger partial charge is 0.261 e. The molecule has 0 saturated carbocycles. The third-order valence-corrected chi connectivity index (χ3v) is 9.12. The molecule has 1 aromatic carbocycles. The SMILES string of the molecule is CC.CC.CC.CC.CC.CC.CC.CC.CC.Cc1ccc(C)cc1.Cc1ccc(C)nc1.Cc1ccc(C)nc1.Cc1ccc(C)nc1.Cc1ccc(C)nc1.Cc1ccc(C)nn1.Cc1cnc(C)cn1.Cc1cnc(C)nc1.Cc1cnc(C)nc1. The second kappa shape index (κ2) is 77.2. The number of hydrogen-bond donors (Lipinski definition) is 0. The van der Waals surface area contributed by atoms with Crippen molar-refractivity contribution in [3.63, 3.8) is 0 Å². The van der Waals surface area contributed by atoms with Crippen LogP contribution in [0.15, 0.2) is 147 Å². The molecule has 9 aromatic rings. The fraction of sp³-hybridized carbons (Fsp3) is 0.462. The molecule has 8 heterocycles. The Labute approximate surface area is 555 Å². The maximum absolute atomic E-state index is 4.08. The quantitative estimate of drug-likeness (QED) is 0.142. The smallest absolute Gasteiger partial charge is 0.125 e. The summed E-state index contributed by atoms with van der Waals surface area (Å²) < 4.78 is 0. The summed E-state index contributed by atoms with van der Waals surface area (Å²) in [5.74, 6) is 1.66. The maximum Gasteiger partial charge on any atom is 0.125 e. The molecule has 0 spiro atoms. The minimum absolute atomic E-state index is 0.829. The number of nitrogens with zero attached hydrogens (tertiary/aromatic N) is 12. The second-order valence-electron chi connectivity index (χ2n) is 17.3. The highest BCUT2D eigenvalue weighted by Crippen LogP contribution is 2.01. The first-order valence-corrected chi connectivity index (χ1v) is 32.7. The Kier molecular flexibility index (Phi) is 86.8. The van der Waals surface area contributed by atoms with Crippen molar-refractivity contribution in [1.82, 2.24) is 60.0 Å². The van der Waals surface area contributed by atoms with E-state index >= 15 is 0 Å². The molecule has 8 aromatic heterocycles. The predicted molar refractivity (Wildman–Crippen MR) is 399 cm³/mol. The van der Waals surface area contributed by atoms with Crippen LogP contribution < -0.4 is 0 Å². The molecule has 12 heteroatoms. The van der Waals surface area contributed by atoms with Crippen LogP contribution in [0.5, 0.6) is 0 Å². The van der Waals surface area contributed by atoms with Gasteiger partial charge in [-0.25, -0.2) is 19.9 Å². The van der Waals surface area contributed by atoms with Crippen molar-refractivity contribution in [3.05, 3.63) is 249 Å². The molecule has 0 fully saturated rings. The Morgan fingerprint density at radius 2 is 0.300 bits per heavy atom. The molecule has 0 radical (unpaired) electrons. The summed E-state index contributed by atoms with van der Waals surface area (Å²) in [6, 6.07) is 28.6. The van der Waals surface area contributed by atoms with Gasteiger partial charge in [0.1, 0.15) is 11.6 Å². The molecule has 504 valence electrons. The number of rotatable bonds is 0. The first-order chi connectivity index (χ1) is 43.1. The molecule has 0 aliphatic carbocycles. The molecular weight excluding hydrogens is 1100 g/mol. The summed E-state index contributed by atoms with van der Waals surface area (Å²) in [6.45, 7) is 71.7. The molecule has 0 N–H and O–H groups in total. The molecule has 0 amide bonds. The van der Waals surface area contributed by atoms with E-state index < -0.39 is 0 Å². The van der Waals surface area contributed by atoms with Crippen molar-refractivity contribution in [1.29, 1.82) is 0 Å². The number of hydrogen-bond acceptors (Lipinski definition) is 12. The van der Waals surface area contributed by atoms with E-state index in [1.54, 1.807) is 12.4 Å². The molecule has 0 aliphatic heterocycles. The average molecular weight is 1240 g/mol. The average Bonchev–Trinajstić information content (AvgIpc) is 3.64. The lowest BCUT2D eigenvalue weighted by atomic mass is 10.2. The Morgan fingerprint density at radius 3 is 0.433 bits per heavy atom. The van der Waals surface area contributed by atoms with Crippen molar-refractivity contribution < 1.29 is 0 Å². The highest BCUT2D eigenvalue weighted by atomic mass is 15.1. The summed E-state index contributed by atoms with van der Waals surface area (Å²) >= 11 is 0. The van der Waals surface area contributed by atoms with E-state index in [-0.39, 0.29) is 0 Å². The third-order valence-electron chi connectivity index (χ3n) is 9.12. The van der Waals surface area contributed by atoms with Crippen LogP contribution in [0, 0.1) is 125 Å². The predicted octanol–water partition coefficient (Wildman–Crippen LogP) is 22.7. The van der Waals surface area contributed by atoms with Gasteiger partial charge < -0.3 is 0 Å². The second-order valence-corrected chi connectivity index (χ2v) is 17.3. The van der Waals surface area contributed by atoms with E-state index in [1.165, 1.54) is 33.4 Å². The van der Waals surface area contributed by atoms with Crippen LogP contribution >= 0.6 is 0 Å². The summed E-state index contributed by atoms with van der Waals surface area (Å²) in [7, 11) is 0. The number of pyridine rings is 4. The van der Waals surface area contributed by atoms with Gasteiger partial charge in [0.2, 0.25) is 0 Å². The molecule has 9 rings (SSSR count). The minimum atomic E-state index is 0.829. The van der Waals surface area contributed by atoms with Gasteiger partial charge in [0.05, 0.1) is 22.8 Å².